The Kier molecular flexibility index (Phi) is 2.76. The number of benzene rings is 1. The van der Waals surface area contributed by atoms with Crippen molar-refractivity contribution in [1.82, 2.24) is 9.97 Å². The molecular formula is C16H17BrN2. The molecular weight excluding hydrogens is 300 g/mol. The number of rotatable bonds is 2. The monoisotopic (exact) mass is 316 g/mol. The third-order valence-electron chi connectivity index (χ3n) is 4.84. The van der Waals surface area contributed by atoms with Gasteiger partial charge in [0.15, 0.2) is 0 Å². The Balaban J connectivity index is 1.61. The number of hydrogen-bond donors (Lipinski definition) is 1. The highest BCUT2D eigenvalue weighted by Gasteiger charge is 2.41. The van der Waals surface area contributed by atoms with E-state index >= 15 is 0 Å². The first kappa shape index (κ1) is 11.7. The van der Waals surface area contributed by atoms with Crippen LogP contribution in [0.25, 0.3) is 11.3 Å². The van der Waals surface area contributed by atoms with Crippen LogP contribution in [0.3, 0.4) is 0 Å². The van der Waals surface area contributed by atoms with Crippen LogP contribution in [-0.4, -0.2) is 9.97 Å². The number of aromatic amines is 1. The predicted octanol–water partition coefficient (Wildman–Crippen LogP) is 4.74. The van der Waals surface area contributed by atoms with Gasteiger partial charge in [0.2, 0.25) is 0 Å². The fraction of sp³-hybridized carbons (Fsp3) is 0.438. The van der Waals surface area contributed by atoms with Crippen LogP contribution in [0.15, 0.2) is 34.9 Å². The maximum absolute atomic E-state index is 4.65. The molecule has 2 nitrogen and oxygen atoms in total. The van der Waals surface area contributed by atoms with Crippen molar-refractivity contribution in [1.29, 1.82) is 0 Å². The first-order chi connectivity index (χ1) is 9.29. The fourth-order valence-corrected chi connectivity index (χ4v) is 4.15. The summed E-state index contributed by atoms with van der Waals surface area (Å²) in [5.41, 5.74) is 2.36. The molecule has 2 fully saturated rings. The zero-order chi connectivity index (χ0) is 12.8. The zero-order valence-corrected chi connectivity index (χ0v) is 12.4. The van der Waals surface area contributed by atoms with Crippen LogP contribution in [-0.2, 0) is 0 Å². The van der Waals surface area contributed by atoms with Gasteiger partial charge in [-0.25, -0.2) is 4.98 Å². The van der Waals surface area contributed by atoms with E-state index in [1.165, 1.54) is 37.1 Å². The summed E-state index contributed by atoms with van der Waals surface area (Å²) in [6.45, 7) is 0. The van der Waals surface area contributed by atoms with Gasteiger partial charge in [-0.2, -0.15) is 0 Å². The Morgan fingerprint density at radius 1 is 1.11 bits per heavy atom. The summed E-state index contributed by atoms with van der Waals surface area (Å²) >= 11 is 3.47. The third-order valence-corrected chi connectivity index (χ3v) is 5.37. The van der Waals surface area contributed by atoms with Gasteiger partial charge in [-0.3, -0.25) is 0 Å². The van der Waals surface area contributed by atoms with Crippen molar-refractivity contribution in [3.8, 4) is 11.3 Å². The second-order valence-corrected chi connectivity index (χ2v) is 6.89. The zero-order valence-electron chi connectivity index (χ0n) is 10.8. The molecule has 2 aliphatic carbocycles. The van der Waals surface area contributed by atoms with Crippen LogP contribution >= 0.6 is 15.9 Å². The summed E-state index contributed by atoms with van der Waals surface area (Å²) in [5.74, 6) is 3.75. The minimum atomic E-state index is 0.683. The highest BCUT2D eigenvalue weighted by atomic mass is 79.9. The number of H-pyrrole nitrogens is 1. The molecule has 2 bridgehead atoms. The average molecular weight is 317 g/mol. The van der Waals surface area contributed by atoms with Gasteiger partial charge in [0, 0.05) is 10.4 Å². The van der Waals surface area contributed by atoms with E-state index < -0.39 is 0 Å². The van der Waals surface area contributed by atoms with Gasteiger partial charge < -0.3 is 4.98 Å². The Morgan fingerprint density at radius 2 is 1.95 bits per heavy atom. The summed E-state index contributed by atoms with van der Waals surface area (Å²) in [6, 6.07) is 8.41. The van der Waals surface area contributed by atoms with Gasteiger partial charge >= 0.3 is 0 Å². The lowest BCUT2D eigenvalue weighted by atomic mass is 9.88. The molecule has 4 rings (SSSR count). The van der Waals surface area contributed by atoms with Crippen molar-refractivity contribution < 1.29 is 0 Å². The molecule has 2 saturated carbocycles. The highest BCUT2D eigenvalue weighted by Crippen LogP contribution is 2.52. The fourth-order valence-electron chi connectivity index (χ4n) is 3.88. The third kappa shape index (κ3) is 2.04. The van der Waals surface area contributed by atoms with Gasteiger partial charge in [0.1, 0.15) is 5.82 Å². The van der Waals surface area contributed by atoms with E-state index in [1.807, 2.05) is 6.20 Å². The quantitative estimate of drug-likeness (QED) is 0.851. The van der Waals surface area contributed by atoms with Crippen LogP contribution in [0, 0.1) is 11.8 Å². The number of hydrogen-bond acceptors (Lipinski definition) is 1. The summed E-state index contributed by atoms with van der Waals surface area (Å²) in [7, 11) is 0. The Bertz CT molecular complexity index is 587. The first-order valence-electron chi connectivity index (χ1n) is 7.10. The van der Waals surface area contributed by atoms with Crippen LogP contribution < -0.4 is 0 Å². The molecule has 2 aliphatic rings. The summed E-state index contributed by atoms with van der Waals surface area (Å²) in [4.78, 5) is 8.20. The molecule has 3 atom stereocenters. The molecule has 0 saturated heterocycles. The van der Waals surface area contributed by atoms with Crippen molar-refractivity contribution in [2.75, 3.05) is 0 Å². The molecule has 0 amide bonds. The highest BCUT2D eigenvalue weighted by molar-refractivity contribution is 9.10. The Hall–Kier alpha value is -1.09. The molecule has 1 aromatic carbocycles. The number of fused-ring (bicyclic) bond motifs is 2. The summed E-state index contributed by atoms with van der Waals surface area (Å²) in [6.07, 6.45) is 7.62. The summed E-state index contributed by atoms with van der Waals surface area (Å²) in [5, 5.41) is 0. The predicted molar refractivity (Wildman–Crippen MR) is 79.9 cm³/mol. The van der Waals surface area contributed by atoms with Crippen LogP contribution in [0.2, 0.25) is 0 Å². The van der Waals surface area contributed by atoms with E-state index in [0.717, 1.165) is 22.0 Å². The smallest absolute Gasteiger partial charge is 0.109 e. The molecule has 98 valence electrons. The number of aromatic nitrogens is 2. The van der Waals surface area contributed by atoms with Crippen molar-refractivity contribution in [2.24, 2.45) is 11.8 Å². The van der Waals surface area contributed by atoms with E-state index in [9.17, 15) is 0 Å². The molecule has 2 aromatic rings. The average Bonchev–Trinajstić information content (AvgIpc) is 3.15. The van der Waals surface area contributed by atoms with Gasteiger partial charge in [-0.1, -0.05) is 34.5 Å². The number of nitrogens with one attached hydrogen (secondary N) is 1. The molecule has 1 aromatic heterocycles. The Morgan fingerprint density at radius 3 is 2.63 bits per heavy atom. The van der Waals surface area contributed by atoms with Crippen LogP contribution in [0.4, 0.5) is 0 Å². The molecule has 1 heterocycles. The maximum atomic E-state index is 4.65. The lowest BCUT2D eigenvalue weighted by molar-refractivity contribution is 0.407. The van der Waals surface area contributed by atoms with E-state index in [0.29, 0.717) is 5.92 Å². The minimum Gasteiger partial charge on any atom is -0.342 e. The van der Waals surface area contributed by atoms with Crippen molar-refractivity contribution in [2.45, 2.75) is 31.6 Å². The molecule has 0 radical (unpaired) electrons. The molecule has 1 N–H and O–H groups in total. The SMILES string of the molecule is Brc1ccc(-c2cnc([C@H]3C[C@@H]4CC[C@H]3C4)[nH]2)cc1. The van der Waals surface area contributed by atoms with E-state index in [2.05, 4.69) is 50.2 Å². The van der Waals surface area contributed by atoms with E-state index in [4.69, 9.17) is 0 Å². The molecule has 0 spiro atoms. The lowest BCUT2D eigenvalue weighted by Gasteiger charge is -2.19. The number of halogens is 1. The topological polar surface area (TPSA) is 28.7 Å². The first-order valence-corrected chi connectivity index (χ1v) is 7.90. The van der Waals surface area contributed by atoms with Crippen LogP contribution in [0.1, 0.15) is 37.4 Å². The largest absolute Gasteiger partial charge is 0.342 e. The van der Waals surface area contributed by atoms with Gasteiger partial charge in [-0.05, 0) is 48.8 Å². The molecule has 19 heavy (non-hydrogen) atoms. The second kappa shape index (κ2) is 4.48. The molecule has 0 aliphatic heterocycles. The van der Waals surface area contributed by atoms with Crippen molar-refractivity contribution >= 4 is 15.9 Å². The van der Waals surface area contributed by atoms with Gasteiger partial charge in [0.25, 0.3) is 0 Å². The van der Waals surface area contributed by atoms with E-state index in [-0.39, 0.29) is 0 Å². The Labute approximate surface area is 121 Å². The van der Waals surface area contributed by atoms with E-state index in [1.54, 1.807) is 0 Å². The standard InChI is InChI=1S/C16H17BrN2/c17-13-5-3-11(4-6-13)15-9-18-16(19-15)14-8-10-1-2-12(14)7-10/h3-6,9-10,12,14H,1-2,7-8H2,(H,18,19)/t10-,12+,14+/m1/s1. The van der Waals surface area contributed by atoms with Crippen molar-refractivity contribution in [3.05, 3.63) is 40.8 Å². The summed E-state index contributed by atoms with van der Waals surface area (Å²) < 4.78 is 1.11. The molecule has 3 heteroatoms. The van der Waals surface area contributed by atoms with Crippen molar-refractivity contribution in [3.63, 3.8) is 0 Å². The lowest BCUT2D eigenvalue weighted by Crippen LogP contribution is -2.09. The number of imidazole rings is 1. The second-order valence-electron chi connectivity index (χ2n) is 5.97. The molecule has 0 unspecified atom stereocenters. The number of nitrogens with zero attached hydrogens (tertiary/aromatic N) is 1. The van der Waals surface area contributed by atoms with Gasteiger partial charge in [-0.15, -0.1) is 0 Å². The van der Waals surface area contributed by atoms with Crippen LogP contribution in [0.5, 0.6) is 0 Å². The maximum Gasteiger partial charge on any atom is 0.109 e. The van der Waals surface area contributed by atoms with Gasteiger partial charge in [0.05, 0.1) is 11.9 Å². The normalized spacial score (nSPS) is 29.0. The minimum absolute atomic E-state index is 0.683.